The van der Waals surface area contributed by atoms with Gasteiger partial charge in [-0.3, -0.25) is 4.57 Å². The van der Waals surface area contributed by atoms with E-state index in [0.717, 1.165) is 0 Å². The normalized spacial score (nSPS) is 16.5. The Balaban J connectivity index is 4.22. The predicted molar refractivity (Wildman–Crippen MR) is 67.0 cm³/mol. The van der Waals surface area contributed by atoms with Crippen LogP contribution in [0.3, 0.4) is 0 Å². The van der Waals surface area contributed by atoms with Crippen molar-refractivity contribution in [2.45, 2.75) is 12.5 Å². The first-order chi connectivity index (χ1) is 7.97. The molecular weight excluding hydrogens is 288 g/mol. The van der Waals surface area contributed by atoms with Crippen molar-refractivity contribution in [3.63, 3.8) is 0 Å². The van der Waals surface area contributed by atoms with E-state index in [2.05, 4.69) is 0 Å². The maximum Gasteiger partial charge on any atom is 0.340 e. The number of alkyl halides is 2. The highest BCUT2D eigenvalue weighted by Crippen LogP contribution is 2.42. The number of nitrogens with two attached hydrogens (primary N) is 1. The largest absolute Gasteiger partial charge is 0.378 e. The molecule has 0 radical (unpaired) electrons. The molecule has 0 fully saturated rings. The summed E-state index contributed by atoms with van der Waals surface area (Å²) in [6.45, 7) is 0.523. The van der Waals surface area contributed by atoms with E-state index in [9.17, 15) is 4.57 Å². The van der Waals surface area contributed by atoms with Gasteiger partial charge in [-0.2, -0.15) is 5.26 Å². The highest BCUT2D eigenvalue weighted by atomic mass is 35.5. The second-order valence-electron chi connectivity index (χ2n) is 3.16. The minimum absolute atomic E-state index is 0.0489. The highest BCUT2D eigenvalue weighted by molar-refractivity contribution is 7.53. The lowest BCUT2D eigenvalue weighted by molar-refractivity contribution is 0.177. The molecule has 100 valence electrons. The van der Waals surface area contributed by atoms with Crippen molar-refractivity contribution in [2.24, 2.45) is 5.50 Å². The van der Waals surface area contributed by atoms with Crippen LogP contribution in [0.25, 0.3) is 0 Å². The standard InChI is InChI=1S/C8H16Cl2N3O3P/c9-2-4-13(5-3-10)17(12,15)16-6-1-8(14)7-11/h8,14H,1-6H2,(H2,12,15). The molecule has 6 nitrogen and oxygen atoms in total. The summed E-state index contributed by atoms with van der Waals surface area (Å²) in [6, 6.07) is 1.62. The van der Waals surface area contributed by atoms with Gasteiger partial charge in [-0.1, -0.05) is 0 Å². The molecule has 2 atom stereocenters. The molecule has 0 rings (SSSR count). The molecule has 0 saturated carbocycles. The number of aliphatic hydroxyl groups is 1. The molecule has 0 bridgehead atoms. The lowest BCUT2D eigenvalue weighted by Crippen LogP contribution is -2.30. The summed E-state index contributed by atoms with van der Waals surface area (Å²) in [4.78, 5) is 0. The molecule has 9 heteroatoms. The van der Waals surface area contributed by atoms with E-state index in [-0.39, 0.29) is 24.8 Å². The van der Waals surface area contributed by atoms with Crippen LogP contribution in [0.15, 0.2) is 0 Å². The average molecular weight is 304 g/mol. The van der Waals surface area contributed by atoms with Gasteiger partial charge in [0.2, 0.25) is 0 Å². The molecule has 0 aromatic heterocycles. The molecule has 0 spiro atoms. The van der Waals surface area contributed by atoms with Gasteiger partial charge in [0, 0.05) is 31.3 Å². The molecule has 0 heterocycles. The van der Waals surface area contributed by atoms with E-state index in [1.165, 1.54) is 4.67 Å². The number of rotatable bonds is 9. The summed E-state index contributed by atoms with van der Waals surface area (Å²) in [6.07, 6.45) is -1.10. The third kappa shape index (κ3) is 7.22. The zero-order valence-corrected chi connectivity index (χ0v) is 11.7. The van der Waals surface area contributed by atoms with Crippen molar-refractivity contribution in [1.29, 1.82) is 5.26 Å². The van der Waals surface area contributed by atoms with Crippen molar-refractivity contribution < 1.29 is 14.2 Å². The van der Waals surface area contributed by atoms with Gasteiger partial charge in [-0.05, 0) is 0 Å². The van der Waals surface area contributed by atoms with Crippen LogP contribution >= 0.6 is 30.9 Å². The molecule has 0 aromatic carbocycles. The molecule has 3 N–H and O–H groups in total. The van der Waals surface area contributed by atoms with E-state index < -0.39 is 13.8 Å². The Hall–Kier alpha value is 0.140. The molecule has 0 aromatic rings. The first kappa shape index (κ1) is 17.1. The monoisotopic (exact) mass is 303 g/mol. The molecule has 17 heavy (non-hydrogen) atoms. The lowest BCUT2D eigenvalue weighted by atomic mass is 10.3. The van der Waals surface area contributed by atoms with Crippen LogP contribution < -0.4 is 5.50 Å². The molecule has 2 unspecified atom stereocenters. The number of nitriles is 1. The fraction of sp³-hybridized carbons (Fsp3) is 0.875. The van der Waals surface area contributed by atoms with Gasteiger partial charge < -0.3 is 9.63 Å². The topological polar surface area (TPSA) is 99.6 Å². The molecule has 0 aliphatic heterocycles. The Bertz CT molecular complexity index is 294. The summed E-state index contributed by atoms with van der Waals surface area (Å²) < 4.78 is 18.3. The van der Waals surface area contributed by atoms with Crippen molar-refractivity contribution in [2.75, 3.05) is 31.5 Å². The quantitative estimate of drug-likeness (QED) is 0.376. The van der Waals surface area contributed by atoms with Crippen LogP contribution in [0.4, 0.5) is 0 Å². The Morgan fingerprint density at radius 2 is 2.00 bits per heavy atom. The second-order valence-corrected chi connectivity index (χ2v) is 5.87. The van der Waals surface area contributed by atoms with Gasteiger partial charge in [0.25, 0.3) is 0 Å². The minimum Gasteiger partial charge on any atom is -0.378 e. The van der Waals surface area contributed by atoms with Gasteiger partial charge in [-0.15, -0.1) is 23.2 Å². The van der Waals surface area contributed by atoms with Crippen LogP contribution in [-0.2, 0) is 9.09 Å². The number of hydrogen-bond acceptors (Lipinski definition) is 4. The maximum absolute atomic E-state index is 12.0. The van der Waals surface area contributed by atoms with E-state index >= 15 is 0 Å². The Morgan fingerprint density at radius 3 is 2.41 bits per heavy atom. The maximum atomic E-state index is 12.0. The first-order valence-corrected chi connectivity index (χ1v) is 7.67. The SMILES string of the molecule is N#CC(O)CCOP(N)(=O)N(CCCl)CCCl. The fourth-order valence-electron chi connectivity index (χ4n) is 1.03. The molecule has 0 aliphatic carbocycles. The highest BCUT2D eigenvalue weighted by Gasteiger charge is 2.26. The number of aliphatic hydroxyl groups excluding tert-OH is 1. The van der Waals surface area contributed by atoms with Crippen LogP contribution in [0.1, 0.15) is 6.42 Å². The van der Waals surface area contributed by atoms with Crippen molar-refractivity contribution in [3.8, 4) is 6.07 Å². The molecular formula is C8H16Cl2N3O3P. The Labute approximate surface area is 111 Å². The van der Waals surface area contributed by atoms with E-state index in [0.29, 0.717) is 13.1 Å². The zero-order valence-electron chi connectivity index (χ0n) is 9.26. The van der Waals surface area contributed by atoms with Crippen molar-refractivity contribution >= 4 is 30.9 Å². The predicted octanol–water partition coefficient (Wildman–Crippen LogP) is 1.12. The van der Waals surface area contributed by atoms with Crippen molar-refractivity contribution in [3.05, 3.63) is 0 Å². The molecule has 0 amide bonds. The van der Waals surface area contributed by atoms with Crippen molar-refractivity contribution in [1.82, 2.24) is 4.67 Å². The Morgan fingerprint density at radius 1 is 1.47 bits per heavy atom. The Kier molecular flexibility index (Phi) is 9.20. The second kappa shape index (κ2) is 9.12. The summed E-state index contributed by atoms with van der Waals surface area (Å²) in [7, 11) is -3.46. The van der Waals surface area contributed by atoms with Gasteiger partial charge in [0.15, 0.2) is 0 Å². The van der Waals surface area contributed by atoms with Crippen LogP contribution in [-0.4, -0.2) is 47.3 Å². The van der Waals surface area contributed by atoms with E-state index in [1.54, 1.807) is 6.07 Å². The summed E-state index contributed by atoms with van der Waals surface area (Å²) in [5.74, 6) is 0.504. The molecule has 0 saturated heterocycles. The smallest absolute Gasteiger partial charge is 0.340 e. The number of nitrogens with zero attached hydrogens (tertiary/aromatic N) is 2. The summed E-state index contributed by atoms with van der Waals surface area (Å²) >= 11 is 11.1. The van der Waals surface area contributed by atoms with E-state index in [4.69, 9.17) is 43.6 Å². The average Bonchev–Trinajstić information content (AvgIpc) is 2.28. The van der Waals surface area contributed by atoms with Gasteiger partial charge >= 0.3 is 7.67 Å². The number of hydrogen-bond donors (Lipinski definition) is 2. The third-order valence-corrected chi connectivity index (χ3v) is 3.98. The van der Waals surface area contributed by atoms with Gasteiger partial charge in [-0.25, -0.2) is 10.2 Å². The third-order valence-electron chi connectivity index (χ3n) is 1.90. The van der Waals surface area contributed by atoms with Gasteiger partial charge in [0.1, 0.15) is 6.10 Å². The van der Waals surface area contributed by atoms with Crippen LogP contribution in [0.2, 0.25) is 0 Å². The summed E-state index contributed by atoms with van der Waals surface area (Å²) in [5.41, 5.74) is 5.54. The van der Waals surface area contributed by atoms with Gasteiger partial charge in [0.05, 0.1) is 12.7 Å². The van der Waals surface area contributed by atoms with Crippen LogP contribution in [0, 0.1) is 11.3 Å². The van der Waals surface area contributed by atoms with Crippen LogP contribution in [0.5, 0.6) is 0 Å². The summed E-state index contributed by atoms with van der Waals surface area (Å²) in [5, 5.41) is 17.3. The molecule has 0 aliphatic rings. The lowest BCUT2D eigenvalue weighted by Gasteiger charge is -2.26. The minimum atomic E-state index is -3.46. The number of halogens is 2. The van der Waals surface area contributed by atoms with E-state index in [1.807, 2.05) is 0 Å². The zero-order chi connectivity index (χ0) is 13.3. The fourth-order valence-corrected chi connectivity index (χ4v) is 2.96. The first-order valence-electron chi connectivity index (χ1n) is 4.96.